The van der Waals surface area contributed by atoms with Crippen molar-refractivity contribution in [3.05, 3.63) is 59.7 Å². The Labute approximate surface area is 161 Å². The maximum Gasteiger partial charge on any atom is 0.230 e. The van der Waals surface area contributed by atoms with Gasteiger partial charge >= 0.3 is 0 Å². The lowest BCUT2D eigenvalue weighted by Crippen LogP contribution is -2.24. The Morgan fingerprint density at radius 1 is 1.22 bits per heavy atom. The first-order valence-corrected chi connectivity index (χ1v) is 9.55. The van der Waals surface area contributed by atoms with Crippen molar-refractivity contribution >= 4 is 17.7 Å². The van der Waals surface area contributed by atoms with Crippen LogP contribution in [0, 0.1) is 12.7 Å². The van der Waals surface area contributed by atoms with Crippen molar-refractivity contribution in [2.45, 2.75) is 32.1 Å². The highest BCUT2D eigenvalue weighted by molar-refractivity contribution is 7.99. The molecule has 140 valence electrons. The second-order valence-electron chi connectivity index (χ2n) is 5.94. The van der Waals surface area contributed by atoms with E-state index in [0.717, 1.165) is 17.0 Å². The topological polar surface area (TPSA) is 72.7 Å². The fourth-order valence-corrected chi connectivity index (χ4v) is 3.36. The molecule has 1 amide bonds. The minimum atomic E-state index is -0.268. The third-order valence-corrected chi connectivity index (χ3v) is 5.00. The smallest absolute Gasteiger partial charge is 0.230 e. The lowest BCUT2D eigenvalue weighted by Gasteiger charge is -2.08. The van der Waals surface area contributed by atoms with Crippen LogP contribution in [0.25, 0.3) is 11.4 Å². The molecule has 8 heteroatoms. The zero-order valence-electron chi connectivity index (χ0n) is 15.1. The number of nitrogens with one attached hydrogen (secondary N) is 1. The molecule has 3 aromatic rings. The number of hydrogen-bond donors (Lipinski definition) is 1. The van der Waals surface area contributed by atoms with E-state index in [-0.39, 0.29) is 17.5 Å². The van der Waals surface area contributed by atoms with Crippen molar-refractivity contribution in [2.24, 2.45) is 0 Å². The zero-order chi connectivity index (χ0) is 19.2. The molecule has 0 aliphatic heterocycles. The van der Waals surface area contributed by atoms with Gasteiger partial charge in [0.2, 0.25) is 5.91 Å². The Balaban J connectivity index is 1.59. The van der Waals surface area contributed by atoms with Crippen LogP contribution in [0.5, 0.6) is 0 Å². The first-order chi connectivity index (χ1) is 13.1. The summed E-state index contributed by atoms with van der Waals surface area (Å²) in [6.45, 7) is 4.69. The molecule has 1 aromatic carbocycles. The normalized spacial score (nSPS) is 10.8. The third kappa shape index (κ3) is 4.71. The third-order valence-electron chi connectivity index (χ3n) is 4.03. The number of rotatable bonds is 7. The van der Waals surface area contributed by atoms with Gasteiger partial charge in [0.1, 0.15) is 5.82 Å². The molecular weight excluding hydrogens is 365 g/mol. The molecule has 0 spiro atoms. The average molecular weight is 385 g/mol. The van der Waals surface area contributed by atoms with Crippen LogP contribution >= 0.6 is 11.8 Å². The largest absolute Gasteiger partial charge is 0.351 e. The molecule has 0 saturated carbocycles. The molecule has 0 atom stereocenters. The minimum Gasteiger partial charge on any atom is -0.351 e. The van der Waals surface area contributed by atoms with Crippen LogP contribution in [0.4, 0.5) is 4.39 Å². The first kappa shape index (κ1) is 19.0. The van der Waals surface area contributed by atoms with Crippen LogP contribution in [-0.4, -0.2) is 31.4 Å². The van der Waals surface area contributed by atoms with Crippen LogP contribution in [0.3, 0.4) is 0 Å². The Morgan fingerprint density at radius 2 is 2.00 bits per heavy atom. The fraction of sp³-hybridized carbons (Fsp3) is 0.263. The number of carbonyl (C=O) groups excluding carboxylic acids is 1. The van der Waals surface area contributed by atoms with Crippen LogP contribution in [0.1, 0.15) is 18.1 Å². The summed E-state index contributed by atoms with van der Waals surface area (Å²) in [7, 11) is 0. The zero-order valence-corrected chi connectivity index (χ0v) is 16.0. The van der Waals surface area contributed by atoms with Crippen molar-refractivity contribution in [1.29, 1.82) is 0 Å². The maximum absolute atomic E-state index is 13.6. The van der Waals surface area contributed by atoms with Crippen LogP contribution < -0.4 is 5.32 Å². The number of carbonyl (C=O) groups is 1. The fourth-order valence-electron chi connectivity index (χ4n) is 2.52. The SMILES string of the molecule is CCn1c(SCC(=O)NCc2ccc(C)c(F)c2)nnc1-c1ccncc1. The Hall–Kier alpha value is -2.74. The number of benzene rings is 1. The Kier molecular flexibility index (Phi) is 6.18. The van der Waals surface area contributed by atoms with E-state index in [9.17, 15) is 9.18 Å². The molecule has 2 heterocycles. The number of aryl methyl sites for hydroxylation is 1. The van der Waals surface area contributed by atoms with Crippen molar-refractivity contribution in [3.63, 3.8) is 0 Å². The number of pyridine rings is 1. The summed E-state index contributed by atoms with van der Waals surface area (Å²) in [5.74, 6) is 0.550. The van der Waals surface area contributed by atoms with Gasteiger partial charge in [0.15, 0.2) is 11.0 Å². The summed E-state index contributed by atoms with van der Waals surface area (Å²) in [5, 5.41) is 11.9. The molecule has 0 aliphatic carbocycles. The highest BCUT2D eigenvalue weighted by atomic mass is 32.2. The van der Waals surface area contributed by atoms with Gasteiger partial charge in [-0.1, -0.05) is 23.9 Å². The Bertz CT molecular complexity index is 929. The van der Waals surface area contributed by atoms with E-state index >= 15 is 0 Å². The lowest BCUT2D eigenvalue weighted by atomic mass is 10.1. The molecule has 0 fully saturated rings. The number of amides is 1. The van der Waals surface area contributed by atoms with Gasteiger partial charge in [0, 0.05) is 31.0 Å². The van der Waals surface area contributed by atoms with Gasteiger partial charge < -0.3 is 9.88 Å². The summed E-state index contributed by atoms with van der Waals surface area (Å²) in [5.41, 5.74) is 2.25. The molecular formula is C19H20FN5OS. The van der Waals surface area contributed by atoms with Gasteiger partial charge in [0.25, 0.3) is 0 Å². The molecule has 27 heavy (non-hydrogen) atoms. The summed E-state index contributed by atoms with van der Waals surface area (Å²) < 4.78 is 15.5. The quantitative estimate of drug-likeness (QED) is 0.632. The van der Waals surface area contributed by atoms with Gasteiger partial charge in [-0.15, -0.1) is 10.2 Å². The molecule has 6 nitrogen and oxygen atoms in total. The van der Waals surface area contributed by atoms with Gasteiger partial charge in [-0.3, -0.25) is 9.78 Å². The van der Waals surface area contributed by atoms with Gasteiger partial charge in [-0.05, 0) is 43.2 Å². The predicted octanol–water partition coefficient (Wildman–Crippen LogP) is 3.22. The maximum atomic E-state index is 13.6. The number of thioether (sulfide) groups is 1. The molecule has 0 aliphatic rings. The highest BCUT2D eigenvalue weighted by Crippen LogP contribution is 2.23. The van der Waals surface area contributed by atoms with Crippen LogP contribution in [0.15, 0.2) is 47.9 Å². The van der Waals surface area contributed by atoms with Crippen molar-refractivity contribution in [2.75, 3.05) is 5.75 Å². The van der Waals surface area contributed by atoms with E-state index in [0.29, 0.717) is 23.8 Å². The molecule has 0 saturated heterocycles. The molecule has 1 N–H and O–H groups in total. The van der Waals surface area contributed by atoms with Gasteiger partial charge in [-0.25, -0.2) is 4.39 Å². The summed E-state index contributed by atoms with van der Waals surface area (Å²) >= 11 is 1.32. The summed E-state index contributed by atoms with van der Waals surface area (Å²) in [6, 6.07) is 8.70. The van der Waals surface area contributed by atoms with Crippen molar-refractivity contribution < 1.29 is 9.18 Å². The van der Waals surface area contributed by atoms with Crippen molar-refractivity contribution in [1.82, 2.24) is 25.1 Å². The monoisotopic (exact) mass is 385 g/mol. The van der Waals surface area contributed by atoms with Crippen LogP contribution in [0.2, 0.25) is 0 Å². The number of nitrogens with zero attached hydrogens (tertiary/aromatic N) is 4. The van der Waals surface area contributed by atoms with E-state index in [1.54, 1.807) is 31.5 Å². The summed E-state index contributed by atoms with van der Waals surface area (Å²) in [4.78, 5) is 16.1. The number of hydrogen-bond acceptors (Lipinski definition) is 5. The average Bonchev–Trinajstić information content (AvgIpc) is 3.11. The molecule has 0 radical (unpaired) electrons. The molecule has 2 aromatic heterocycles. The van der Waals surface area contributed by atoms with E-state index in [1.807, 2.05) is 23.6 Å². The standard InChI is InChI=1S/C19H20FN5OS/c1-3-25-18(15-6-8-21-9-7-15)23-24-19(25)27-12-17(26)22-11-14-5-4-13(2)16(20)10-14/h4-10H,3,11-12H2,1-2H3,(H,22,26). The van der Waals surface area contributed by atoms with Crippen LogP contribution in [-0.2, 0) is 17.9 Å². The predicted molar refractivity (Wildman–Crippen MR) is 103 cm³/mol. The highest BCUT2D eigenvalue weighted by Gasteiger charge is 2.14. The Morgan fingerprint density at radius 3 is 2.70 bits per heavy atom. The minimum absolute atomic E-state index is 0.142. The van der Waals surface area contributed by atoms with E-state index in [1.165, 1.54) is 17.8 Å². The second kappa shape index (κ2) is 8.77. The second-order valence-corrected chi connectivity index (χ2v) is 6.88. The lowest BCUT2D eigenvalue weighted by molar-refractivity contribution is -0.118. The first-order valence-electron chi connectivity index (χ1n) is 8.56. The van der Waals surface area contributed by atoms with E-state index < -0.39 is 0 Å². The van der Waals surface area contributed by atoms with Gasteiger partial charge in [0.05, 0.1) is 5.75 Å². The van der Waals surface area contributed by atoms with Crippen molar-refractivity contribution in [3.8, 4) is 11.4 Å². The van der Waals surface area contributed by atoms with E-state index in [2.05, 4.69) is 20.5 Å². The van der Waals surface area contributed by atoms with Gasteiger partial charge in [-0.2, -0.15) is 0 Å². The number of aromatic nitrogens is 4. The van der Waals surface area contributed by atoms with E-state index in [4.69, 9.17) is 0 Å². The number of halogens is 1. The summed E-state index contributed by atoms with van der Waals surface area (Å²) in [6.07, 6.45) is 3.41. The molecule has 3 rings (SSSR count). The molecule has 0 unspecified atom stereocenters. The molecule has 0 bridgehead atoms.